The molecule has 0 aromatic carbocycles. The first kappa shape index (κ1) is 13.0. The van der Waals surface area contributed by atoms with E-state index in [1.807, 2.05) is 6.92 Å². The van der Waals surface area contributed by atoms with Crippen LogP contribution in [0.1, 0.15) is 30.8 Å². The summed E-state index contributed by atoms with van der Waals surface area (Å²) in [7, 11) is 0. The molecule has 1 atom stereocenters. The topological polar surface area (TPSA) is 62.3 Å². The number of carbonyl (C=O) groups excluding carboxylic acids is 2. The number of hydrogen-bond acceptors (Lipinski definition) is 5. The van der Waals surface area contributed by atoms with Crippen molar-refractivity contribution in [2.75, 3.05) is 11.9 Å². The highest BCUT2D eigenvalue weighted by molar-refractivity contribution is 7.15. The fraction of sp³-hybridized carbons (Fsp3) is 0.583. The number of nitrogens with one attached hydrogen (secondary N) is 1. The van der Waals surface area contributed by atoms with Crippen LogP contribution in [0.2, 0.25) is 0 Å². The second-order valence-corrected chi connectivity index (χ2v) is 5.46. The van der Waals surface area contributed by atoms with Crippen molar-refractivity contribution in [3.63, 3.8) is 0 Å². The normalized spacial score (nSPS) is 19.7. The number of carbonyl (C=O) groups is 2. The number of hydrogen-bond donors (Lipinski definition) is 1. The van der Waals surface area contributed by atoms with E-state index in [1.165, 1.54) is 16.2 Å². The summed E-state index contributed by atoms with van der Waals surface area (Å²) in [5, 5.41) is 3.81. The SMILES string of the molecule is CCc1nc(NC2CC(=O)N(CC)C2=O)sc1C. The molecule has 1 aliphatic rings. The Bertz CT molecular complexity index is 484. The molecule has 0 spiro atoms. The van der Waals surface area contributed by atoms with Gasteiger partial charge in [-0.05, 0) is 20.3 Å². The van der Waals surface area contributed by atoms with Crippen LogP contribution in [0, 0.1) is 6.92 Å². The first-order valence-electron chi connectivity index (χ1n) is 6.13. The molecule has 98 valence electrons. The predicted molar refractivity (Wildman–Crippen MR) is 70.7 cm³/mol. The minimum Gasteiger partial charge on any atom is -0.349 e. The third-order valence-electron chi connectivity index (χ3n) is 3.09. The van der Waals surface area contributed by atoms with E-state index in [9.17, 15) is 9.59 Å². The second kappa shape index (κ2) is 5.06. The van der Waals surface area contributed by atoms with Crippen LogP contribution in [-0.2, 0) is 16.0 Å². The molecule has 5 nitrogen and oxygen atoms in total. The zero-order chi connectivity index (χ0) is 13.3. The molecule has 2 heterocycles. The monoisotopic (exact) mass is 267 g/mol. The smallest absolute Gasteiger partial charge is 0.252 e. The van der Waals surface area contributed by atoms with Crippen molar-refractivity contribution >= 4 is 28.3 Å². The third-order valence-corrected chi connectivity index (χ3v) is 4.03. The van der Waals surface area contributed by atoms with Crippen molar-refractivity contribution < 1.29 is 9.59 Å². The molecule has 1 aliphatic heterocycles. The average molecular weight is 267 g/mol. The van der Waals surface area contributed by atoms with E-state index in [0.717, 1.165) is 22.1 Å². The molecule has 1 saturated heterocycles. The van der Waals surface area contributed by atoms with Crippen molar-refractivity contribution in [3.8, 4) is 0 Å². The van der Waals surface area contributed by atoms with Crippen LogP contribution in [0.3, 0.4) is 0 Å². The summed E-state index contributed by atoms with van der Waals surface area (Å²) >= 11 is 1.53. The van der Waals surface area contributed by atoms with Gasteiger partial charge >= 0.3 is 0 Å². The molecule has 18 heavy (non-hydrogen) atoms. The van der Waals surface area contributed by atoms with E-state index in [4.69, 9.17) is 0 Å². The Morgan fingerprint density at radius 2 is 2.17 bits per heavy atom. The van der Waals surface area contributed by atoms with Gasteiger partial charge in [0.05, 0.1) is 12.1 Å². The number of imide groups is 1. The van der Waals surface area contributed by atoms with Gasteiger partial charge in [0.1, 0.15) is 6.04 Å². The summed E-state index contributed by atoms with van der Waals surface area (Å²) < 4.78 is 0. The molecule has 1 unspecified atom stereocenters. The summed E-state index contributed by atoms with van der Waals surface area (Å²) in [5.41, 5.74) is 1.05. The van der Waals surface area contributed by atoms with E-state index in [1.54, 1.807) is 6.92 Å². The molecule has 0 bridgehead atoms. The van der Waals surface area contributed by atoms with Gasteiger partial charge in [0.15, 0.2) is 5.13 Å². The number of aryl methyl sites for hydroxylation is 2. The highest BCUT2D eigenvalue weighted by atomic mass is 32.1. The first-order valence-corrected chi connectivity index (χ1v) is 6.95. The molecule has 2 amide bonds. The molecule has 6 heteroatoms. The van der Waals surface area contributed by atoms with Crippen LogP contribution in [0.4, 0.5) is 5.13 Å². The van der Waals surface area contributed by atoms with Gasteiger partial charge < -0.3 is 5.32 Å². The Labute approximate surface area is 110 Å². The lowest BCUT2D eigenvalue weighted by Gasteiger charge is -2.12. The highest BCUT2D eigenvalue weighted by Gasteiger charge is 2.37. The van der Waals surface area contributed by atoms with Gasteiger partial charge in [0.25, 0.3) is 5.91 Å². The molecule has 1 N–H and O–H groups in total. The molecule has 0 radical (unpaired) electrons. The van der Waals surface area contributed by atoms with E-state index in [-0.39, 0.29) is 18.2 Å². The van der Waals surface area contributed by atoms with Crippen LogP contribution < -0.4 is 5.32 Å². The number of thiazole rings is 1. The number of anilines is 1. The molecular formula is C12H17N3O2S. The summed E-state index contributed by atoms with van der Waals surface area (Å²) in [4.78, 5) is 30.4. The number of aromatic nitrogens is 1. The number of rotatable bonds is 4. The Morgan fingerprint density at radius 1 is 1.44 bits per heavy atom. The number of likely N-dealkylation sites (tertiary alicyclic amines) is 1. The fourth-order valence-electron chi connectivity index (χ4n) is 2.09. The quantitative estimate of drug-likeness (QED) is 0.841. The maximum absolute atomic E-state index is 11.9. The van der Waals surface area contributed by atoms with Gasteiger partial charge in [0.2, 0.25) is 5.91 Å². The summed E-state index contributed by atoms with van der Waals surface area (Å²) in [6.07, 6.45) is 1.11. The zero-order valence-electron chi connectivity index (χ0n) is 10.8. The van der Waals surface area contributed by atoms with Crippen LogP contribution in [0.5, 0.6) is 0 Å². The lowest BCUT2D eigenvalue weighted by molar-refractivity contribution is -0.138. The minimum absolute atomic E-state index is 0.107. The van der Waals surface area contributed by atoms with Gasteiger partial charge in [-0.15, -0.1) is 11.3 Å². The predicted octanol–water partition coefficient (Wildman–Crippen LogP) is 1.57. The van der Waals surface area contributed by atoms with E-state index < -0.39 is 6.04 Å². The van der Waals surface area contributed by atoms with Gasteiger partial charge in [0, 0.05) is 11.4 Å². The molecule has 1 aromatic heterocycles. The summed E-state index contributed by atoms with van der Waals surface area (Å²) in [5.74, 6) is -0.252. The summed E-state index contributed by atoms with van der Waals surface area (Å²) in [6, 6.07) is -0.451. The average Bonchev–Trinajstić information content (AvgIpc) is 2.81. The summed E-state index contributed by atoms with van der Waals surface area (Å²) in [6.45, 7) is 6.31. The largest absolute Gasteiger partial charge is 0.349 e. The van der Waals surface area contributed by atoms with Crippen molar-refractivity contribution in [1.29, 1.82) is 0 Å². The third kappa shape index (κ3) is 2.25. The standard InChI is InChI=1S/C12H17N3O2S/c1-4-8-7(3)18-12(13-8)14-9-6-10(16)15(5-2)11(9)17/h9H,4-6H2,1-3H3,(H,13,14). The lowest BCUT2D eigenvalue weighted by atomic mass is 10.2. The first-order chi connectivity index (χ1) is 8.56. The molecule has 0 saturated carbocycles. The minimum atomic E-state index is -0.451. The molecular weight excluding hydrogens is 250 g/mol. The highest BCUT2D eigenvalue weighted by Crippen LogP contribution is 2.25. The van der Waals surface area contributed by atoms with Gasteiger partial charge in [-0.25, -0.2) is 4.98 Å². The van der Waals surface area contributed by atoms with Crippen LogP contribution in [0.25, 0.3) is 0 Å². The van der Waals surface area contributed by atoms with Crippen molar-refractivity contribution in [3.05, 3.63) is 10.6 Å². The van der Waals surface area contributed by atoms with Crippen molar-refractivity contribution in [1.82, 2.24) is 9.88 Å². The Morgan fingerprint density at radius 3 is 2.67 bits per heavy atom. The van der Waals surface area contributed by atoms with E-state index in [0.29, 0.717) is 6.54 Å². The Hall–Kier alpha value is -1.43. The zero-order valence-corrected chi connectivity index (χ0v) is 11.6. The fourth-order valence-corrected chi connectivity index (χ4v) is 3.05. The van der Waals surface area contributed by atoms with E-state index in [2.05, 4.69) is 17.2 Å². The second-order valence-electron chi connectivity index (χ2n) is 4.25. The van der Waals surface area contributed by atoms with Crippen LogP contribution in [0.15, 0.2) is 0 Å². The van der Waals surface area contributed by atoms with E-state index >= 15 is 0 Å². The number of likely N-dealkylation sites (N-methyl/N-ethyl adjacent to an activating group) is 1. The maximum atomic E-state index is 11.9. The van der Waals surface area contributed by atoms with Crippen LogP contribution >= 0.6 is 11.3 Å². The van der Waals surface area contributed by atoms with Crippen LogP contribution in [-0.4, -0.2) is 34.3 Å². The Balaban J connectivity index is 2.10. The molecule has 0 aliphatic carbocycles. The van der Waals surface area contributed by atoms with Gasteiger partial charge in [-0.2, -0.15) is 0 Å². The Kier molecular flexibility index (Phi) is 3.65. The molecule has 1 fully saturated rings. The number of amides is 2. The lowest BCUT2D eigenvalue weighted by Crippen LogP contribution is -2.34. The van der Waals surface area contributed by atoms with Gasteiger partial charge in [-0.3, -0.25) is 14.5 Å². The number of nitrogens with zero attached hydrogens (tertiary/aromatic N) is 2. The molecule has 2 rings (SSSR count). The molecule has 1 aromatic rings. The van der Waals surface area contributed by atoms with Gasteiger partial charge in [-0.1, -0.05) is 6.92 Å². The van der Waals surface area contributed by atoms with Crippen molar-refractivity contribution in [2.45, 2.75) is 39.7 Å². The van der Waals surface area contributed by atoms with Crippen molar-refractivity contribution in [2.24, 2.45) is 0 Å². The maximum Gasteiger partial charge on any atom is 0.252 e.